The molecule has 2 heterocycles. The van der Waals surface area contributed by atoms with E-state index in [4.69, 9.17) is 4.52 Å². The minimum absolute atomic E-state index is 0.137. The fourth-order valence-electron chi connectivity index (χ4n) is 3.38. The molecular formula is C21H21N3O2S. The van der Waals surface area contributed by atoms with Crippen molar-refractivity contribution < 1.29 is 9.32 Å². The number of pyridine rings is 1. The number of anilines is 1. The number of carbonyl (C=O) groups excluding carboxylic acids is 1. The molecule has 1 amide bonds. The van der Waals surface area contributed by atoms with Crippen LogP contribution in [-0.2, 0) is 18.6 Å². The summed E-state index contributed by atoms with van der Waals surface area (Å²) < 4.78 is 5.21. The molecule has 138 valence electrons. The van der Waals surface area contributed by atoms with E-state index in [2.05, 4.69) is 27.6 Å². The molecule has 27 heavy (non-hydrogen) atoms. The molecule has 1 N–H and O–H groups in total. The van der Waals surface area contributed by atoms with E-state index in [9.17, 15) is 4.79 Å². The highest BCUT2D eigenvalue weighted by Crippen LogP contribution is 2.29. The number of nitrogens with zero attached hydrogens (tertiary/aromatic N) is 2. The Labute approximate surface area is 162 Å². The molecule has 1 aromatic carbocycles. The summed E-state index contributed by atoms with van der Waals surface area (Å²) in [4.78, 5) is 17.2. The van der Waals surface area contributed by atoms with Crippen molar-refractivity contribution in [3.63, 3.8) is 0 Å². The van der Waals surface area contributed by atoms with Crippen LogP contribution in [0, 0.1) is 13.8 Å². The lowest BCUT2D eigenvalue weighted by Crippen LogP contribution is -2.14. The highest BCUT2D eigenvalue weighted by Gasteiger charge is 2.17. The molecule has 0 fully saturated rings. The molecule has 0 bridgehead atoms. The van der Waals surface area contributed by atoms with E-state index in [-0.39, 0.29) is 5.91 Å². The van der Waals surface area contributed by atoms with Gasteiger partial charge in [0.2, 0.25) is 0 Å². The van der Waals surface area contributed by atoms with Gasteiger partial charge < -0.3 is 9.84 Å². The summed E-state index contributed by atoms with van der Waals surface area (Å²) in [6.07, 6.45) is 5.12. The van der Waals surface area contributed by atoms with Gasteiger partial charge in [-0.25, -0.2) is 4.98 Å². The smallest absolute Gasteiger partial charge is 0.258 e. The first-order chi connectivity index (χ1) is 13.1. The van der Waals surface area contributed by atoms with Gasteiger partial charge in [0.1, 0.15) is 10.8 Å². The summed E-state index contributed by atoms with van der Waals surface area (Å²) in [5.74, 6) is 1.33. The molecule has 6 heteroatoms. The molecule has 1 aliphatic carbocycles. The second-order valence-electron chi connectivity index (χ2n) is 6.74. The highest BCUT2D eigenvalue weighted by molar-refractivity contribution is 7.98. The number of amides is 1. The molecule has 0 radical (unpaired) electrons. The van der Waals surface area contributed by atoms with Crippen molar-refractivity contribution in [2.75, 3.05) is 5.32 Å². The molecule has 3 aromatic rings. The van der Waals surface area contributed by atoms with E-state index in [0.29, 0.717) is 16.3 Å². The number of hydrogen-bond donors (Lipinski definition) is 1. The van der Waals surface area contributed by atoms with Crippen LogP contribution in [0.15, 0.2) is 46.1 Å². The van der Waals surface area contributed by atoms with Gasteiger partial charge in [0.25, 0.3) is 5.91 Å². The molecule has 1 aliphatic rings. The average Bonchev–Trinajstić information content (AvgIpc) is 3.26. The number of hydrogen-bond acceptors (Lipinski definition) is 5. The number of thioether (sulfide) groups is 1. The van der Waals surface area contributed by atoms with Crippen molar-refractivity contribution in [2.24, 2.45) is 0 Å². The topological polar surface area (TPSA) is 68.0 Å². The summed E-state index contributed by atoms with van der Waals surface area (Å²) in [5.41, 5.74) is 6.08. The van der Waals surface area contributed by atoms with E-state index in [0.717, 1.165) is 35.5 Å². The summed E-state index contributed by atoms with van der Waals surface area (Å²) in [5, 5.41) is 7.71. The zero-order valence-corrected chi connectivity index (χ0v) is 16.2. The van der Waals surface area contributed by atoms with Crippen LogP contribution in [0.2, 0.25) is 0 Å². The predicted octanol–water partition coefficient (Wildman–Crippen LogP) is 4.72. The highest BCUT2D eigenvalue weighted by atomic mass is 32.2. The quantitative estimate of drug-likeness (QED) is 0.650. The van der Waals surface area contributed by atoms with Gasteiger partial charge in [-0.1, -0.05) is 11.2 Å². The van der Waals surface area contributed by atoms with Gasteiger partial charge in [-0.3, -0.25) is 4.79 Å². The standard InChI is InChI=1S/C21H21N3O2S/c1-13-19(14(2)26-24-13)12-27-21-18(7-4-10-22-21)20(25)23-17-9-8-15-5-3-6-16(15)11-17/h4,7-11H,3,5-6,12H2,1-2H3,(H,23,25). The Kier molecular flexibility index (Phi) is 4.99. The third kappa shape index (κ3) is 3.76. The van der Waals surface area contributed by atoms with Crippen molar-refractivity contribution in [2.45, 2.75) is 43.9 Å². The Morgan fingerprint density at radius 2 is 2.07 bits per heavy atom. The molecule has 0 unspecified atom stereocenters. The Morgan fingerprint density at radius 1 is 1.22 bits per heavy atom. The molecule has 0 atom stereocenters. The summed E-state index contributed by atoms with van der Waals surface area (Å²) in [7, 11) is 0. The predicted molar refractivity (Wildman–Crippen MR) is 106 cm³/mol. The molecule has 2 aromatic heterocycles. The number of rotatable bonds is 5. The first-order valence-corrected chi connectivity index (χ1v) is 10.0. The van der Waals surface area contributed by atoms with E-state index >= 15 is 0 Å². The van der Waals surface area contributed by atoms with Gasteiger partial charge in [-0.15, -0.1) is 11.8 Å². The van der Waals surface area contributed by atoms with Crippen LogP contribution in [0.3, 0.4) is 0 Å². The number of aromatic nitrogens is 2. The molecule has 0 spiro atoms. The zero-order valence-electron chi connectivity index (χ0n) is 15.4. The second-order valence-corrected chi connectivity index (χ2v) is 7.70. The second kappa shape index (κ2) is 7.56. The molecule has 0 saturated heterocycles. The normalized spacial score (nSPS) is 12.8. The Morgan fingerprint density at radius 3 is 2.89 bits per heavy atom. The molecule has 0 aliphatic heterocycles. The van der Waals surface area contributed by atoms with Gasteiger partial charge in [0, 0.05) is 23.2 Å². The van der Waals surface area contributed by atoms with Crippen LogP contribution < -0.4 is 5.32 Å². The van der Waals surface area contributed by atoms with E-state index < -0.39 is 0 Å². The van der Waals surface area contributed by atoms with Gasteiger partial charge in [0.15, 0.2) is 0 Å². The van der Waals surface area contributed by atoms with Crippen LogP contribution in [0.1, 0.15) is 44.9 Å². The Hall–Kier alpha value is -2.60. The molecule has 4 rings (SSSR count). The maximum Gasteiger partial charge on any atom is 0.258 e. The fraction of sp³-hybridized carbons (Fsp3) is 0.286. The average molecular weight is 379 g/mol. The SMILES string of the molecule is Cc1noc(C)c1CSc1ncccc1C(=O)Nc1ccc2c(c1)CCC2. The lowest BCUT2D eigenvalue weighted by atomic mass is 10.1. The number of fused-ring (bicyclic) bond motifs is 1. The molecular weight excluding hydrogens is 358 g/mol. The van der Waals surface area contributed by atoms with Crippen LogP contribution >= 0.6 is 11.8 Å². The van der Waals surface area contributed by atoms with Crippen LogP contribution in [0.4, 0.5) is 5.69 Å². The monoisotopic (exact) mass is 379 g/mol. The number of carbonyl (C=O) groups is 1. The maximum absolute atomic E-state index is 12.8. The third-order valence-electron chi connectivity index (χ3n) is 4.91. The summed E-state index contributed by atoms with van der Waals surface area (Å²) in [6.45, 7) is 3.82. The summed E-state index contributed by atoms with van der Waals surface area (Å²) in [6, 6.07) is 9.79. The minimum atomic E-state index is -0.137. The number of benzene rings is 1. The van der Waals surface area contributed by atoms with Crippen molar-refractivity contribution in [3.05, 3.63) is 70.2 Å². The number of aryl methyl sites for hydroxylation is 4. The van der Waals surface area contributed by atoms with Crippen molar-refractivity contribution in [3.8, 4) is 0 Å². The van der Waals surface area contributed by atoms with Crippen LogP contribution in [-0.4, -0.2) is 16.0 Å². The van der Waals surface area contributed by atoms with Crippen molar-refractivity contribution in [1.82, 2.24) is 10.1 Å². The van der Waals surface area contributed by atoms with Crippen LogP contribution in [0.25, 0.3) is 0 Å². The van der Waals surface area contributed by atoms with Crippen LogP contribution in [0.5, 0.6) is 0 Å². The first-order valence-electron chi connectivity index (χ1n) is 9.04. The molecule has 5 nitrogen and oxygen atoms in total. The Bertz CT molecular complexity index is 977. The lowest BCUT2D eigenvalue weighted by molar-refractivity contribution is 0.102. The maximum atomic E-state index is 12.8. The third-order valence-corrected chi connectivity index (χ3v) is 5.94. The van der Waals surface area contributed by atoms with Gasteiger partial charge in [-0.05, 0) is 68.5 Å². The van der Waals surface area contributed by atoms with E-state index in [1.54, 1.807) is 12.3 Å². The van der Waals surface area contributed by atoms with E-state index in [1.807, 2.05) is 26.0 Å². The van der Waals surface area contributed by atoms with E-state index in [1.165, 1.54) is 29.3 Å². The number of nitrogens with one attached hydrogen (secondary N) is 1. The molecule has 0 saturated carbocycles. The largest absolute Gasteiger partial charge is 0.361 e. The van der Waals surface area contributed by atoms with Crippen molar-refractivity contribution in [1.29, 1.82) is 0 Å². The first kappa shape index (κ1) is 17.8. The van der Waals surface area contributed by atoms with Gasteiger partial charge >= 0.3 is 0 Å². The Balaban J connectivity index is 1.51. The minimum Gasteiger partial charge on any atom is -0.361 e. The van der Waals surface area contributed by atoms with Crippen molar-refractivity contribution >= 4 is 23.4 Å². The summed E-state index contributed by atoms with van der Waals surface area (Å²) >= 11 is 1.52. The van der Waals surface area contributed by atoms with Gasteiger partial charge in [0.05, 0.1) is 11.3 Å². The lowest BCUT2D eigenvalue weighted by Gasteiger charge is -2.10. The fourth-order valence-corrected chi connectivity index (χ4v) is 4.52. The zero-order chi connectivity index (χ0) is 18.8. The van der Waals surface area contributed by atoms with Gasteiger partial charge in [-0.2, -0.15) is 0 Å².